The van der Waals surface area contributed by atoms with E-state index in [0.717, 1.165) is 31.1 Å². The summed E-state index contributed by atoms with van der Waals surface area (Å²) in [5.41, 5.74) is 6.31. The molecule has 0 fully saturated rings. The first-order valence-corrected chi connectivity index (χ1v) is 8.08. The van der Waals surface area contributed by atoms with E-state index in [9.17, 15) is 0 Å². The topological polar surface area (TPSA) is 44.5 Å². The van der Waals surface area contributed by atoms with Crippen LogP contribution in [0, 0.1) is 5.41 Å². The zero-order chi connectivity index (χ0) is 14.8. The predicted molar refractivity (Wildman–Crippen MR) is 84.8 cm³/mol. The summed E-state index contributed by atoms with van der Waals surface area (Å²) in [7, 11) is 0. The Morgan fingerprint density at radius 1 is 1.15 bits per heavy atom. The average Bonchev–Trinajstić information content (AvgIpc) is 2.58. The monoisotopic (exact) mass is 295 g/mol. The van der Waals surface area contributed by atoms with Gasteiger partial charge in [0.1, 0.15) is 0 Å². The first-order valence-electron chi connectivity index (χ1n) is 7.20. The van der Waals surface area contributed by atoms with Gasteiger partial charge in [0, 0.05) is 22.6 Å². The van der Waals surface area contributed by atoms with Gasteiger partial charge in [-0.25, -0.2) is 0 Å². The fourth-order valence-corrected chi connectivity index (χ4v) is 3.62. The molecular weight excluding hydrogens is 270 g/mol. The van der Waals surface area contributed by atoms with E-state index in [2.05, 4.69) is 39.8 Å². The summed E-state index contributed by atoms with van der Waals surface area (Å²) in [6, 6.07) is 6.31. The second-order valence-corrected chi connectivity index (χ2v) is 7.64. The van der Waals surface area contributed by atoms with Crippen molar-refractivity contribution in [1.29, 1.82) is 0 Å². The van der Waals surface area contributed by atoms with Crippen LogP contribution >= 0.6 is 11.8 Å². The highest BCUT2D eigenvalue weighted by molar-refractivity contribution is 8.00. The average molecular weight is 295 g/mol. The van der Waals surface area contributed by atoms with E-state index in [-0.39, 0.29) is 11.5 Å². The largest absolute Gasteiger partial charge is 0.490 e. The SMILES string of the molecule is CC(N)C(Sc1ccc2c(c1)OCCCO2)C(C)(C)C. The third kappa shape index (κ3) is 3.83. The molecule has 0 saturated carbocycles. The zero-order valence-electron chi connectivity index (χ0n) is 12.8. The first-order chi connectivity index (χ1) is 9.38. The summed E-state index contributed by atoms with van der Waals surface area (Å²) in [6.45, 7) is 10.2. The van der Waals surface area contributed by atoms with Gasteiger partial charge in [-0.1, -0.05) is 20.8 Å². The Hall–Kier alpha value is -0.870. The molecule has 3 nitrogen and oxygen atoms in total. The summed E-state index contributed by atoms with van der Waals surface area (Å²) in [5, 5.41) is 0.354. The van der Waals surface area contributed by atoms with Crippen LogP contribution in [0.2, 0.25) is 0 Å². The lowest BCUT2D eigenvalue weighted by atomic mass is 9.88. The van der Waals surface area contributed by atoms with Crippen LogP contribution < -0.4 is 15.2 Å². The standard InChI is InChI=1S/C16H25NO2S/c1-11(17)15(16(2,3)4)20-12-6-7-13-14(10-12)19-9-5-8-18-13/h6-7,10-11,15H,5,8-9,17H2,1-4H3. The van der Waals surface area contributed by atoms with Crippen molar-refractivity contribution in [3.63, 3.8) is 0 Å². The molecule has 2 N–H and O–H groups in total. The molecule has 1 aromatic carbocycles. The van der Waals surface area contributed by atoms with E-state index in [4.69, 9.17) is 15.2 Å². The summed E-state index contributed by atoms with van der Waals surface area (Å²) in [5.74, 6) is 1.70. The lowest BCUT2D eigenvalue weighted by molar-refractivity contribution is 0.297. The van der Waals surface area contributed by atoms with Crippen molar-refractivity contribution in [3.8, 4) is 11.5 Å². The van der Waals surface area contributed by atoms with E-state index < -0.39 is 0 Å². The van der Waals surface area contributed by atoms with Gasteiger partial charge in [-0.3, -0.25) is 0 Å². The van der Waals surface area contributed by atoms with Crippen LogP contribution in [0.1, 0.15) is 34.1 Å². The van der Waals surface area contributed by atoms with Crippen molar-refractivity contribution in [2.75, 3.05) is 13.2 Å². The minimum atomic E-state index is 0.135. The van der Waals surface area contributed by atoms with Crippen LogP contribution in [-0.4, -0.2) is 24.5 Å². The molecule has 20 heavy (non-hydrogen) atoms. The lowest BCUT2D eigenvalue weighted by Crippen LogP contribution is -2.38. The van der Waals surface area contributed by atoms with Gasteiger partial charge in [-0.2, -0.15) is 0 Å². The molecule has 1 aliphatic heterocycles. The molecule has 0 saturated heterocycles. The second kappa shape index (κ2) is 6.27. The highest BCUT2D eigenvalue weighted by Gasteiger charge is 2.29. The third-order valence-corrected chi connectivity index (χ3v) is 5.23. The van der Waals surface area contributed by atoms with E-state index >= 15 is 0 Å². The fourth-order valence-electron chi connectivity index (χ4n) is 2.44. The molecule has 0 amide bonds. The minimum absolute atomic E-state index is 0.135. The second-order valence-electron chi connectivity index (χ2n) is 6.42. The molecule has 4 heteroatoms. The molecule has 0 radical (unpaired) electrons. The number of nitrogens with two attached hydrogens (primary N) is 1. The van der Waals surface area contributed by atoms with Gasteiger partial charge >= 0.3 is 0 Å². The van der Waals surface area contributed by atoms with Crippen molar-refractivity contribution in [3.05, 3.63) is 18.2 Å². The number of ether oxygens (including phenoxy) is 2. The van der Waals surface area contributed by atoms with Crippen molar-refractivity contribution in [2.45, 2.75) is 50.3 Å². The minimum Gasteiger partial charge on any atom is -0.490 e. The van der Waals surface area contributed by atoms with Crippen LogP contribution in [0.15, 0.2) is 23.1 Å². The van der Waals surface area contributed by atoms with Gasteiger partial charge in [0.2, 0.25) is 0 Å². The van der Waals surface area contributed by atoms with Crippen molar-refractivity contribution in [2.24, 2.45) is 11.1 Å². The number of hydrogen-bond donors (Lipinski definition) is 1. The Labute approximate surface area is 126 Å². The Morgan fingerprint density at radius 3 is 2.40 bits per heavy atom. The summed E-state index contributed by atoms with van der Waals surface area (Å²) in [4.78, 5) is 1.19. The van der Waals surface area contributed by atoms with Crippen LogP contribution in [0.25, 0.3) is 0 Å². The van der Waals surface area contributed by atoms with Crippen LogP contribution in [0.3, 0.4) is 0 Å². The molecule has 2 unspecified atom stereocenters. The van der Waals surface area contributed by atoms with Gasteiger partial charge < -0.3 is 15.2 Å². The molecule has 1 aromatic rings. The van der Waals surface area contributed by atoms with Gasteiger partial charge in [-0.05, 0) is 30.5 Å². The van der Waals surface area contributed by atoms with Gasteiger partial charge in [0.25, 0.3) is 0 Å². The van der Waals surface area contributed by atoms with Crippen molar-refractivity contribution >= 4 is 11.8 Å². The van der Waals surface area contributed by atoms with Crippen LogP contribution in [-0.2, 0) is 0 Å². The van der Waals surface area contributed by atoms with E-state index in [1.54, 1.807) is 0 Å². The Morgan fingerprint density at radius 2 is 1.80 bits per heavy atom. The molecule has 0 aliphatic carbocycles. The number of fused-ring (bicyclic) bond motifs is 1. The Kier molecular flexibility index (Phi) is 4.86. The fraction of sp³-hybridized carbons (Fsp3) is 0.625. The van der Waals surface area contributed by atoms with E-state index in [1.165, 1.54) is 4.90 Å². The van der Waals surface area contributed by atoms with Crippen molar-refractivity contribution < 1.29 is 9.47 Å². The lowest BCUT2D eigenvalue weighted by Gasteiger charge is -2.33. The van der Waals surface area contributed by atoms with E-state index in [0.29, 0.717) is 5.25 Å². The first kappa shape index (κ1) is 15.5. The molecule has 2 atom stereocenters. The maximum atomic E-state index is 6.16. The maximum Gasteiger partial charge on any atom is 0.162 e. The maximum absolute atomic E-state index is 6.16. The molecular formula is C16H25NO2S. The third-order valence-electron chi connectivity index (χ3n) is 3.31. The Balaban J connectivity index is 2.19. The van der Waals surface area contributed by atoms with Crippen LogP contribution in [0.5, 0.6) is 11.5 Å². The predicted octanol–water partition coefficient (Wildman–Crippen LogP) is 3.70. The molecule has 0 spiro atoms. The number of rotatable bonds is 3. The van der Waals surface area contributed by atoms with Crippen molar-refractivity contribution in [1.82, 2.24) is 0 Å². The quantitative estimate of drug-likeness (QED) is 0.864. The molecule has 2 rings (SSSR count). The number of hydrogen-bond acceptors (Lipinski definition) is 4. The number of thioether (sulfide) groups is 1. The number of benzene rings is 1. The zero-order valence-corrected chi connectivity index (χ0v) is 13.6. The molecule has 0 aromatic heterocycles. The Bertz CT molecular complexity index is 454. The summed E-state index contributed by atoms with van der Waals surface area (Å²) >= 11 is 1.82. The normalized spacial score (nSPS) is 18.2. The molecule has 1 heterocycles. The van der Waals surface area contributed by atoms with Crippen LogP contribution in [0.4, 0.5) is 0 Å². The van der Waals surface area contributed by atoms with E-state index in [1.807, 2.05) is 17.8 Å². The molecule has 0 bridgehead atoms. The van der Waals surface area contributed by atoms with Gasteiger partial charge in [0.05, 0.1) is 13.2 Å². The molecule has 1 aliphatic rings. The highest BCUT2D eigenvalue weighted by atomic mass is 32.2. The van der Waals surface area contributed by atoms with Gasteiger partial charge in [0.15, 0.2) is 11.5 Å². The molecule has 112 valence electrons. The summed E-state index contributed by atoms with van der Waals surface area (Å²) in [6.07, 6.45) is 0.932. The smallest absolute Gasteiger partial charge is 0.162 e. The van der Waals surface area contributed by atoms with Gasteiger partial charge in [-0.15, -0.1) is 11.8 Å². The summed E-state index contributed by atoms with van der Waals surface area (Å²) < 4.78 is 11.4. The highest BCUT2D eigenvalue weighted by Crippen LogP contribution is 2.40.